The molecule has 98 valence electrons. The van der Waals surface area contributed by atoms with Crippen LogP contribution in [0, 0.1) is 0 Å². The van der Waals surface area contributed by atoms with Gasteiger partial charge >= 0.3 is 0 Å². The number of carbonyl (C=O) groups is 1. The number of nitrogens with two attached hydrogens (primary N) is 2. The lowest BCUT2D eigenvalue weighted by Gasteiger charge is -2.14. The number of alkyl halides is 1. The molecular formula is C11H13F2N3O2. The number of hydrogen-bond donors (Lipinski definition) is 3. The Bertz CT molecular complexity index is 489. The van der Waals surface area contributed by atoms with Crippen LogP contribution in [0.1, 0.15) is 13.3 Å². The average Bonchev–Trinajstić information content (AvgIpc) is 2.24. The average molecular weight is 257 g/mol. The van der Waals surface area contributed by atoms with Gasteiger partial charge in [-0.05, 0) is 18.6 Å². The minimum absolute atomic E-state index is 0.135. The van der Waals surface area contributed by atoms with Crippen molar-refractivity contribution in [3.63, 3.8) is 0 Å². The molecule has 1 aliphatic carbocycles. The Morgan fingerprint density at radius 2 is 2.22 bits per heavy atom. The SMILES string of the molecule is C/C(=C\C1=CC(F)=C(O)C(F)C1)C(=O)N=C(N)N. The van der Waals surface area contributed by atoms with E-state index < -0.39 is 29.6 Å². The lowest BCUT2D eigenvalue weighted by Crippen LogP contribution is -2.24. The quantitative estimate of drug-likeness (QED) is 0.392. The van der Waals surface area contributed by atoms with Crippen LogP contribution < -0.4 is 11.5 Å². The summed E-state index contributed by atoms with van der Waals surface area (Å²) in [5.41, 5.74) is 10.4. The highest BCUT2D eigenvalue weighted by atomic mass is 19.1. The fraction of sp³-hybridized carbons (Fsp3) is 0.273. The molecule has 0 bridgehead atoms. The van der Waals surface area contributed by atoms with E-state index in [1.807, 2.05) is 0 Å². The van der Waals surface area contributed by atoms with Gasteiger partial charge in [-0.15, -0.1) is 0 Å². The first-order chi connectivity index (χ1) is 8.31. The Morgan fingerprint density at radius 1 is 1.61 bits per heavy atom. The topological polar surface area (TPSA) is 102 Å². The second-order valence-corrected chi connectivity index (χ2v) is 3.79. The summed E-state index contributed by atoms with van der Waals surface area (Å²) >= 11 is 0. The van der Waals surface area contributed by atoms with Crippen LogP contribution in [0.15, 0.2) is 39.9 Å². The van der Waals surface area contributed by atoms with Crippen LogP contribution in [0.2, 0.25) is 0 Å². The van der Waals surface area contributed by atoms with E-state index in [-0.39, 0.29) is 17.6 Å². The molecule has 1 rings (SSSR count). The van der Waals surface area contributed by atoms with Gasteiger partial charge in [0.2, 0.25) is 0 Å². The summed E-state index contributed by atoms with van der Waals surface area (Å²) in [6.07, 6.45) is 0.198. The van der Waals surface area contributed by atoms with Gasteiger partial charge in [0, 0.05) is 12.0 Å². The fourth-order valence-corrected chi connectivity index (χ4v) is 1.39. The highest BCUT2D eigenvalue weighted by Gasteiger charge is 2.22. The Kier molecular flexibility index (Phi) is 4.19. The van der Waals surface area contributed by atoms with Crippen molar-refractivity contribution in [3.8, 4) is 0 Å². The number of hydrogen-bond acceptors (Lipinski definition) is 2. The van der Waals surface area contributed by atoms with Crippen LogP contribution in [0.5, 0.6) is 0 Å². The molecule has 5 N–H and O–H groups in total. The zero-order valence-corrected chi connectivity index (χ0v) is 9.65. The number of guanidine groups is 1. The molecule has 0 saturated carbocycles. The van der Waals surface area contributed by atoms with Gasteiger partial charge in [0.25, 0.3) is 5.91 Å². The Balaban J connectivity index is 2.95. The maximum Gasteiger partial charge on any atom is 0.275 e. The van der Waals surface area contributed by atoms with E-state index in [4.69, 9.17) is 16.6 Å². The van der Waals surface area contributed by atoms with Gasteiger partial charge in [0.15, 0.2) is 23.7 Å². The largest absolute Gasteiger partial charge is 0.506 e. The molecule has 1 unspecified atom stereocenters. The number of nitrogens with zero attached hydrogens (tertiary/aromatic N) is 1. The summed E-state index contributed by atoms with van der Waals surface area (Å²) in [4.78, 5) is 14.6. The molecule has 0 heterocycles. The van der Waals surface area contributed by atoms with Crippen molar-refractivity contribution in [1.82, 2.24) is 0 Å². The summed E-state index contributed by atoms with van der Waals surface area (Å²) in [6.45, 7) is 1.42. The number of allylic oxidation sites excluding steroid dienone is 5. The van der Waals surface area contributed by atoms with E-state index in [2.05, 4.69) is 4.99 Å². The van der Waals surface area contributed by atoms with Gasteiger partial charge in [-0.2, -0.15) is 4.99 Å². The standard InChI is InChI=1S/C11H13F2N3O2/c1-5(10(18)16-11(14)15)2-6-3-7(12)9(17)8(13)4-6/h2-3,8,17H,4H2,1H3,(H4,14,15,16,18)/b5-2+. The first-order valence-corrected chi connectivity index (χ1v) is 5.06. The second-order valence-electron chi connectivity index (χ2n) is 3.79. The zero-order valence-electron chi connectivity index (χ0n) is 9.65. The van der Waals surface area contributed by atoms with E-state index in [1.54, 1.807) is 0 Å². The molecule has 0 fully saturated rings. The lowest BCUT2D eigenvalue weighted by atomic mass is 9.99. The van der Waals surface area contributed by atoms with Gasteiger partial charge in [0.05, 0.1) is 0 Å². The van der Waals surface area contributed by atoms with Gasteiger partial charge in [-0.25, -0.2) is 8.78 Å². The van der Waals surface area contributed by atoms with Crippen LogP contribution in [-0.4, -0.2) is 23.1 Å². The normalized spacial score (nSPS) is 20.5. The predicted octanol–water partition coefficient (Wildman–Crippen LogP) is 1.14. The molecule has 18 heavy (non-hydrogen) atoms. The lowest BCUT2D eigenvalue weighted by molar-refractivity contribution is -0.114. The van der Waals surface area contributed by atoms with E-state index >= 15 is 0 Å². The Hall–Kier alpha value is -2.18. The third-order valence-electron chi connectivity index (χ3n) is 2.24. The van der Waals surface area contributed by atoms with Crippen molar-refractivity contribution in [3.05, 3.63) is 34.9 Å². The fourth-order valence-electron chi connectivity index (χ4n) is 1.39. The Morgan fingerprint density at radius 3 is 2.72 bits per heavy atom. The number of amides is 1. The number of halogens is 2. The molecule has 0 radical (unpaired) electrons. The molecule has 5 nitrogen and oxygen atoms in total. The third-order valence-corrected chi connectivity index (χ3v) is 2.24. The van der Waals surface area contributed by atoms with Crippen LogP contribution in [-0.2, 0) is 4.79 Å². The molecule has 7 heteroatoms. The number of aliphatic hydroxyl groups excluding tert-OH is 1. The maximum absolute atomic E-state index is 13.2. The molecule has 0 spiro atoms. The molecule has 0 aromatic rings. The first kappa shape index (κ1) is 13.9. The van der Waals surface area contributed by atoms with E-state index in [0.29, 0.717) is 0 Å². The van der Waals surface area contributed by atoms with Crippen LogP contribution >= 0.6 is 0 Å². The summed E-state index contributed by atoms with van der Waals surface area (Å²) < 4.78 is 26.2. The smallest absolute Gasteiger partial charge is 0.275 e. The summed E-state index contributed by atoms with van der Waals surface area (Å²) in [5, 5.41) is 8.97. The minimum Gasteiger partial charge on any atom is -0.506 e. The van der Waals surface area contributed by atoms with Crippen molar-refractivity contribution in [2.45, 2.75) is 19.5 Å². The van der Waals surface area contributed by atoms with E-state index in [0.717, 1.165) is 6.08 Å². The molecule has 0 saturated heterocycles. The summed E-state index contributed by atoms with van der Waals surface area (Å²) in [6, 6.07) is 0. The van der Waals surface area contributed by atoms with Gasteiger partial charge in [0.1, 0.15) is 0 Å². The van der Waals surface area contributed by atoms with Gasteiger partial charge < -0.3 is 16.6 Å². The molecule has 1 atom stereocenters. The highest BCUT2D eigenvalue weighted by Crippen LogP contribution is 2.27. The number of aliphatic hydroxyl groups is 1. The minimum atomic E-state index is -1.81. The number of carbonyl (C=O) groups excluding carboxylic acids is 1. The second kappa shape index (κ2) is 5.44. The molecule has 0 aromatic carbocycles. The summed E-state index contributed by atoms with van der Waals surface area (Å²) in [5.74, 6) is -3.06. The zero-order chi connectivity index (χ0) is 13.9. The van der Waals surface area contributed by atoms with Crippen LogP contribution in [0.4, 0.5) is 8.78 Å². The maximum atomic E-state index is 13.2. The van der Waals surface area contributed by atoms with Gasteiger partial charge in [-0.1, -0.05) is 6.08 Å². The molecular weight excluding hydrogens is 244 g/mol. The van der Waals surface area contributed by atoms with Crippen molar-refractivity contribution in [1.29, 1.82) is 0 Å². The predicted molar refractivity (Wildman–Crippen MR) is 62.9 cm³/mol. The van der Waals surface area contributed by atoms with Crippen molar-refractivity contribution in [2.24, 2.45) is 16.5 Å². The van der Waals surface area contributed by atoms with Crippen molar-refractivity contribution in [2.75, 3.05) is 0 Å². The molecule has 0 aliphatic heterocycles. The first-order valence-electron chi connectivity index (χ1n) is 5.06. The van der Waals surface area contributed by atoms with Gasteiger partial charge in [-0.3, -0.25) is 4.79 Å². The monoisotopic (exact) mass is 257 g/mol. The summed E-state index contributed by atoms with van der Waals surface area (Å²) in [7, 11) is 0. The molecule has 1 aliphatic rings. The van der Waals surface area contributed by atoms with Crippen molar-refractivity contribution >= 4 is 11.9 Å². The molecule has 0 aromatic heterocycles. The molecule has 1 amide bonds. The third kappa shape index (κ3) is 3.41. The van der Waals surface area contributed by atoms with Crippen molar-refractivity contribution < 1.29 is 18.7 Å². The Labute approximate surface area is 102 Å². The number of rotatable bonds is 2. The number of aliphatic imine (C=N–C) groups is 1. The highest BCUT2D eigenvalue weighted by molar-refractivity contribution is 6.01. The van der Waals surface area contributed by atoms with E-state index in [1.165, 1.54) is 13.0 Å². The van der Waals surface area contributed by atoms with E-state index in [9.17, 15) is 13.6 Å². The van der Waals surface area contributed by atoms with Crippen LogP contribution in [0.25, 0.3) is 0 Å². The van der Waals surface area contributed by atoms with Crippen LogP contribution in [0.3, 0.4) is 0 Å².